The van der Waals surface area contributed by atoms with Gasteiger partial charge in [-0.05, 0) is 48.5 Å². The van der Waals surface area contributed by atoms with Gasteiger partial charge in [0.05, 0.1) is 0 Å². The summed E-state index contributed by atoms with van der Waals surface area (Å²) in [6.07, 6.45) is 14.3. The van der Waals surface area contributed by atoms with E-state index in [4.69, 9.17) is 0 Å². The summed E-state index contributed by atoms with van der Waals surface area (Å²) in [5, 5.41) is 16.5. The van der Waals surface area contributed by atoms with Gasteiger partial charge in [0.15, 0.2) is 23.3 Å². The molecule has 0 N–H and O–H groups in total. The van der Waals surface area contributed by atoms with Crippen LogP contribution in [0.4, 0.5) is 0 Å². The number of pyridine rings is 2. The molecule has 45 heavy (non-hydrogen) atoms. The Morgan fingerprint density at radius 1 is 0.333 bits per heavy atom. The Morgan fingerprint density at radius 3 is 0.689 bits per heavy atom. The van der Waals surface area contributed by atoms with Crippen molar-refractivity contribution < 1.29 is 16.8 Å². The first-order valence-electron chi connectivity index (χ1n) is 15.8. The van der Waals surface area contributed by atoms with Crippen molar-refractivity contribution in [3.8, 4) is 23.3 Å². The number of hydrogen-bond donors (Lipinski definition) is 0. The third kappa shape index (κ3) is 15.8. The molecule has 10 nitrogen and oxygen atoms in total. The van der Waals surface area contributed by atoms with E-state index in [1.54, 1.807) is 43.5 Å². The van der Waals surface area contributed by atoms with Gasteiger partial charge in [-0.25, -0.2) is 28.7 Å². The summed E-state index contributed by atoms with van der Waals surface area (Å²) in [5.41, 5.74) is 0. The van der Waals surface area contributed by atoms with Gasteiger partial charge in [-0.15, -0.1) is 0 Å². The van der Waals surface area contributed by atoms with Gasteiger partial charge in [-0.2, -0.15) is 20.4 Å². The second-order valence-corrected chi connectivity index (χ2v) is 6.51. The van der Waals surface area contributed by atoms with E-state index in [9.17, 15) is 0 Å². The second kappa shape index (κ2) is 31.1. The van der Waals surface area contributed by atoms with E-state index in [-0.39, 0.29) is 16.8 Å². The van der Waals surface area contributed by atoms with Crippen LogP contribution in [0.3, 0.4) is 0 Å². The zero-order valence-corrected chi connectivity index (χ0v) is 30.2. The monoisotopic (exact) mass is 661 g/mol. The van der Waals surface area contributed by atoms with Crippen LogP contribution >= 0.6 is 0 Å². The van der Waals surface area contributed by atoms with E-state index in [0.717, 1.165) is 23.3 Å². The van der Waals surface area contributed by atoms with E-state index in [0.29, 0.717) is 0 Å². The molecule has 11 heteroatoms. The van der Waals surface area contributed by atoms with Crippen LogP contribution in [-0.2, 0) is 16.8 Å². The molecular formula is C34H54CoN10. The molecule has 0 saturated carbocycles. The molecule has 0 saturated heterocycles. The van der Waals surface area contributed by atoms with E-state index in [2.05, 4.69) is 30.4 Å². The summed E-state index contributed by atoms with van der Waals surface area (Å²) < 4.78 is 6.86. The summed E-state index contributed by atoms with van der Waals surface area (Å²) in [4.78, 5) is 8.92. The van der Waals surface area contributed by atoms with Crippen LogP contribution < -0.4 is 0 Å². The van der Waals surface area contributed by atoms with E-state index in [1.165, 1.54) is 0 Å². The summed E-state index contributed by atoms with van der Waals surface area (Å²) in [6.45, 7) is 24.0. The van der Waals surface area contributed by atoms with Crippen LogP contribution in [0.25, 0.3) is 23.3 Å². The van der Waals surface area contributed by atoms with Crippen molar-refractivity contribution in [2.24, 2.45) is 0 Å². The normalized spacial score (nSPS) is 8.27. The Labute approximate surface area is 281 Å². The Morgan fingerprint density at radius 2 is 0.533 bits per heavy atom. The maximum absolute atomic E-state index is 4.46. The standard InChI is InChI=1S/2C11H9N5.6C2H6.Co/c2*1-4-10(15-8-2-6-12-15)14-11(5-1)16-9-3-7-13-16;6*1-2;/h2*1-9H;6*1-2H3;. The van der Waals surface area contributed by atoms with E-state index in [1.807, 2.05) is 169 Å². The second-order valence-electron chi connectivity index (χ2n) is 6.51. The molecule has 6 aromatic rings. The van der Waals surface area contributed by atoms with Crippen molar-refractivity contribution in [1.29, 1.82) is 0 Å². The molecule has 6 heterocycles. The molecule has 249 valence electrons. The first-order chi connectivity index (χ1) is 21.9. The molecule has 0 atom stereocenters. The van der Waals surface area contributed by atoms with Crippen molar-refractivity contribution in [3.05, 3.63) is 110 Å². The Hall–Kier alpha value is -4.35. The van der Waals surface area contributed by atoms with Gasteiger partial charge in [0.2, 0.25) is 0 Å². The molecule has 0 aromatic carbocycles. The van der Waals surface area contributed by atoms with E-state index < -0.39 is 0 Å². The van der Waals surface area contributed by atoms with Crippen molar-refractivity contribution in [2.75, 3.05) is 0 Å². The number of nitrogens with zero attached hydrogens (tertiary/aromatic N) is 10. The first-order valence-corrected chi connectivity index (χ1v) is 15.8. The molecule has 0 unspecified atom stereocenters. The molecule has 0 amide bonds. The van der Waals surface area contributed by atoms with Gasteiger partial charge in [0.25, 0.3) is 0 Å². The van der Waals surface area contributed by atoms with Crippen LogP contribution in [0.15, 0.2) is 110 Å². The smallest absolute Gasteiger partial charge is 0.155 e. The number of hydrogen-bond acceptors (Lipinski definition) is 6. The van der Waals surface area contributed by atoms with Gasteiger partial charge in [-0.1, -0.05) is 95.2 Å². The fourth-order valence-corrected chi connectivity index (χ4v) is 2.95. The molecule has 0 spiro atoms. The molecule has 0 aliphatic rings. The molecule has 0 aliphatic heterocycles. The van der Waals surface area contributed by atoms with Crippen molar-refractivity contribution >= 4 is 0 Å². The number of rotatable bonds is 4. The van der Waals surface area contributed by atoms with Gasteiger partial charge in [-0.3, -0.25) is 0 Å². The zero-order chi connectivity index (χ0) is 33.6. The molecule has 0 bridgehead atoms. The summed E-state index contributed by atoms with van der Waals surface area (Å²) >= 11 is 0. The van der Waals surface area contributed by atoms with Crippen molar-refractivity contribution in [2.45, 2.75) is 83.1 Å². The molecule has 0 aliphatic carbocycles. The maximum atomic E-state index is 4.46. The maximum Gasteiger partial charge on any atom is 0.155 e. The van der Waals surface area contributed by atoms with Crippen LogP contribution in [0.2, 0.25) is 0 Å². The SMILES string of the molecule is CC.CC.CC.CC.CC.CC.[Co].c1cc(-n2cccn2)nc(-n2cccn2)c1.c1cc(-n2cccn2)nc(-n2cccn2)c1. The first kappa shape index (κ1) is 45.1. The van der Waals surface area contributed by atoms with Gasteiger partial charge in [0.1, 0.15) is 0 Å². The topological polar surface area (TPSA) is 97.1 Å². The fourth-order valence-electron chi connectivity index (χ4n) is 2.95. The van der Waals surface area contributed by atoms with Crippen molar-refractivity contribution in [1.82, 2.24) is 49.1 Å². The van der Waals surface area contributed by atoms with Crippen LogP contribution in [0.1, 0.15) is 83.1 Å². The van der Waals surface area contributed by atoms with Gasteiger partial charge < -0.3 is 0 Å². The quantitative estimate of drug-likeness (QED) is 0.187. The molecule has 6 aromatic heterocycles. The van der Waals surface area contributed by atoms with Crippen LogP contribution in [0.5, 0.6) is 0 Å². The van der Waals surface area contributed by atoms with Crippen LogP contribution in [-0.4, -0.2) is 49.1 Å². The minimum Gasteiger partial charge on any atom is -0.223 e. The summed E-state index contributed by atoms with van der Waals surface area (Å²) in [5.74, 6) is 3.10. The summed E-state index contributed by atoms with van der Waals surface area (Å²) in [6, 6.07) is 18.9. The molecule has 1 radical (unpaired) electrons. The van der Waals surface area contributed by atoms with Gasteiger partial charge >= 0.3 is 0 Å². The molecular weight excluding hydrogens is 607 g/mol. The Bertz CT molecular complexity index is 1160. The molecule has 6 rings (SSSR count). The third-order valence-corrected chi connectivity index (χ3v) is 4.40. The third-order valence-electron chi connectivity index (χ3n) is 4.40. The zero-order valence-electron chi connectivity index (χ0n) is 29.2. The Kier molecular flexibility index (Phi) is 31.1. The fraction of sp³-hybridized carbons (Fsp3) is 0.353. The van der Waals surface area contributed by atoms with Gasteiger partial charge in [0, 0.05) is 66.4 Å². The predicted octanol–water partition coefficient (Wildman–Crippen LogP) is 9.06. The minimum atomic E-state index is 0. The minimum absolute atomic E-state index is 0. The van der Waals surface area contributed by atoms with E-state index >= 15 is 0 Å². The molecule has 0 fully saturated rings. The largest absolute Gasteiger partial charge is 0.223 e. The Balaban J connectivity index is -0.000000580. The summed E-state index contributed by atoms with van der Waals surface area (Å²) in [7, 11) is 0. The van der Waals surface area contributed by atoms with Crippen molar-refractivity contribution in [3.63, 3.8) is 0 Å². The average Bonchev–Trinajstić information content (AvgIpc) is 3.99. The number of aromatic nitrogens is 10. The average molecular weight is 662 g/mol. The predicted molar refractivity (Wildman–Crippen MR) is 185 cm³/mol. The van der Waals surface area contributed by atoms with Crippen LogP contribution in [0, 0.1) is 0 Å².